The van der Waals surface area contributed by atoms with E-state index in [0.717, 1.165) is 0 Å². The van der Waals surface area contributed by atoms with Crippen LogP contribution in [0.5, 0.6) is 11.5 Å². The van der Waals surface area contributed by atoms with Crippen molar-refractivity contribution in [3.63, 3.8) is 0 Å². The fourth-order valence-electron chi connectivity index (χ4n) is 3.04. The second-order valence-corrected chi connectivity index (χ2v) is 6.76. The normalized spacial score (nSPS) is 11.2. The van der Waals surface area contributed by atoms with E-state index in [9.17, 15) is 15.0 Å². The van der Waals surface area contributed by atoms with Crippen molar-refractivity contribution in [2.24, 2.45) is 0 Å². The van der Waals surface area contributed by atoms with Crippen LogP contribution in [0.25, 0.3) is 22.5 Å². The third-order valence-electron chi connectivity index (χ3n) is 4.50. The predicted octanol–water partition coefficient (Wildman–Crippen LogP) is 3.51. The van der Waals surface area contributed by atoms with Gasteiger partial charge in [0, 0.05) is 30.9 Å². The van der Waals surface area contributed by atoms with Crippen LogP contribution in [0.4, 0.5) is 0 Å². The molecular formula is C20H24N4O4. The molecule has 3 aromatic rings. The molecule has 0 saturated carbocycles. The summed E-state index contributed by atoms with van der Waals surface area (Å²) in [4.78, 5) is 12.5. The maximum Gasteiger partial charge on any atom is 0.274 e. The molecule has 1 amide bonds. The molecule has 2 aromatic heterocycles. The van der Waals surface area contributed by atoms with Crippen molar-refractivity contribution in [3.05, 3.63) is 35.8 Å². The van der Waals surface area contributed by atoms with Gasteiger partial charge in [-0.05, 0) is 31.4 Å². The summed E-state index contributed by atoms with van der Waals surface area (Å²) >= 11 is 0. The molecule has 0 spiro atoms. The topological polar surface area (TPSA) is 113 Å². The lowest BCUT2D eigenvalue weighted by Gasteiger charge is -2.12. The minimum atomic E-state index is -0.376. The molecule has 8 nitrogen and oxygen atoms in total. The van der Waals surface area contributed by atoms with Crippen LogP contribution in [-0.4, -0.2) is 37.6 Å². The molecule has 0 bridgehead atoms. The molecule has 0 radical (unpaired) electrons. The van der Waals surface area contributed by atoms with Crippen LogP contribution >= 0.6 is 0 Å². The smallest absolute Gasteiger partial charge is 0.274 e. The minimum Gasteiger partial charge on any atom is -0.508 e. The van der Waals surface area contributed by atoms with Crippen molar-refractivity contribution in [3.8, 4) is 33.9 Å². The lowest BCUT2D eigenvalue weighted by atomic mass is 9.95. The van der Waals surface area contributed by atoms with Crippen molar-refractivity contribution in [2.75, 3.05) is 6.54 Å². The number of phenols is 2. The van der Waals surface area contributed by atoms with Crippen molar-refractivity contribution in [1.29, 1.82) is 0 Å². The maximum atomic E-state index is 12.5. The van der Waals surface area contributed by atoms with E-state index in [1.165, 1.54) is 6.07 Å². The standard InChI is InChI=1S/C20H24N4O4/c1-5-21-20(27)18-17(12-9-22-24(6-2)10-12)19(28-23-18)14-7-13(11(3)4)15(25)8-16(14)26/h7-11,25-26H,5-6H2,1-4H3,(H,21,27). The summed E-state index contributed by atoms with van der Waals surface area (Å²) in [6.07, 6.45) is 3.42. The molecule has 0 aliphatic rings. The highest BCUT2D eigenvalue weighted by molar-refractivity contribution is 6.02. The van der Waals surface area contributed by atoms with Gasteiger partial charge >= 0.3 is 0 Å². The predicted molar refractivity (Wildman–Crippen MR) is 104 cm³/mol. The fourth-order valence-corrected chi connectivity index (χ4v) is 3.04. The Kier molecular flexibility index (Phi) is 5.39. The van der Waals surface area contributed by atoms with Crippen molar-refractivity contribution in [1.82, 2.24) is 20.3 Å². The number of rotatable bonds is 6. The van der Waals surface area contributed by atoms with Gasteiger partial charge in [-0.3, -0.25) is 9.48 Å². The summed E-state index contributed by atoms with van der Waals surface area (Å²) < 4.78 is 7.24. The molecule has 3 N–H and O–H groups in total. The van der Waals surface area contributed by atoms with E-state index in [1.807, 2.05) is 27.7 Å². The number of aromatic nitrogens is 3. The lowest BCUT2D eigenvalue weighted by Crippen LogP contribution is -2.23. The highest BCUT2D eigenvalue weighted by atomic mass is 16.5. The van der Waals surface area contributed by atoms with E-state index < -0.39 is 0 Å². The SMILES string of the molecule is CCNC(=O)c1noc(-c2cc(C(C)C)c(O)cc2O)c1-c1cnn(CC)c1. The first kappa shape index (κ1) is 19.5. The van der Waals surface area contributed by atoms with Gasteiger partial charge in [0.15, 0.2) is 11.5 Å². The number of hydrogen-bond acceptors (Lipinski definition) is 6. The van der Waals surface area contributed by atoms with E-state index in [4.69, 9.17) is 4.52 Å². The zero-order valence-corrected chi connectivity index (χ0v) is 16.4. The first-order valence-corrected chi connectivity index (χ1v) is 9.24. The number of phenolic OH excluding ortho intramolecular Hbond substituents is 2. The molecule has 148 valence electrons. The molecule has 0 unspecified atom stereocenters. The summed E-state index contributed by atoms with van der Waals surface area (Å²) in [7, 11) is 0. The Labute approximate surface area is 162 Å². The highest BCUT2D eigenvalue weighted by Crippen LogP contribution is 2.42. The van der Waals surface area contributed by atoms with Crippen LogP contribution in [0.3, 0.4) is 0 Å². The van der Waals surface area contributed by atoms with Crippen LogP contribution in [0, 0.1) is 0 Å². The number of benzene rings is 1. The Hall–Kier alpha value is -3.29. The minimum absolute atomic E-state index is 0.0000624. The molecule has 0 aliphatic carbocycles. The maximum absolute atomic E-state index is 12.5. The molecule has 0 aliphatic heterocycles. The molecular weight excluding hydrogens is 360 g/mol. The second kappa shape index (κ2) is 7.75. The molecule has 28 heavy (non-hydrogen) atoms. The van der Waals surface area contributed by atoms with Crippen LogP contribution in [0.15, 0.2) is 29.0 Å². The number of aromatic hydroxyl groups is 2. The molecule has 2 heterocycles. The monoisotopic (exact) mass is 384 g/mol. The molecule has 1 aromatic carbocycles. The molecule has 3 rings (SSSR count). The Morgan fingerprint density at radius 3 is 2.61 bits per heavy atom. The van der Waals surface area contributed by atoms with Crippen LogP contribution in [0.2, 0.25) is 0 Å². The van der Waals surface area contributed by atoms with Gasteiger partial charge in [-0.1, -0.05) is 19.0 Å². The van der Waals surface area contributed by atoms with Crippen molar-refractivity contribution >= 4 is 5.91 Å². The molecule has 0 fully saturated rings. The third kappa shape index (κ3) is 3.45. The van der Waals surface area contributed by atoms with Crippen molar-refractivity contribution < 1.29 is 19.5 Å². The summed E-state index contributed by atoms with van der Waals surface area (Å²) in [5.41, 5.74) is 2.22. The van der Waals surface area contributed by atoms with Gasteiger partial charge < -0.3 is 20.1 Å². The van der Waals surface area contributed by atoms with Gasteiger partial charge in [0.25, 0.3) is 5.91 Å². The molecule has 0 saturated heterocycles. The van der Waals surface area contributed by atoms with E-state index >= 15 is 0 Å². The van der Waals surface area contributed by atoms with Crippen LogP contribution in [0.1, 0.15) is 49.7 Å². The second-order valence-electron chi connectivity index (χ2n) is 6.76. The third-order valence-corrected chi connectivity index (χ3v) is 4.50. The first-order valence-electron chi connectivity index (χ1n) is 9.24. The average molecular weight is 384 g/mol. The molecule has 0 atom stereocenters. The van der Waals surface area contributed by atoms with Gasteiger partial charge in [-0.15, -0.1) is 0 Å². The Morgan fingerprint density at radius 2 is 2.00 bits per heavy atom. The number of nitrogens with one attached hydrogen (secondary N) is 1. The largest absolute Gasteiger partial charge is 0.508 e. The van der Waals surface area contributed by atoms with E-state index in [-0.39, 0.29) is 34.8 Å². The Morgan fingerprint density at radius 1 is 1.25 bits per heavy atom. The van der Waals surface area contributed by atoms with E-state index in [2.05, 4.69) is 15.6 Å². The van der Waals surface area contributed by atoms with Crippen LogP contribution in [-0.2, 0) is 6.54 Å². The van der Waals surface area contributed by atoms with Crippen LogP contribution < -0.4 is 5.32 Å². The fraction of sp³-hybridized carbons (Fsp3) is 0.350. The van der Waals surface area contributed by atoms with Gasteiger partial charge in [0.2, 0.25) is 0 Å². The number of hydrogen-bond donors (Lipinski definition) is 3. The number of nitrogens with zero attached hydrogens (tertiary/aromatic N) is 3. The Balaban J connectivity index is 2.25. The summed E-state index contributed by atoms with van der Waals surface area (Å²) in [6, 6.07) is 2.93. The van der Waals surface area contributed by atoms with E-state index in [0.29, 0.717) is 35.3 Å². The van der Waals surface area contributed by atoms with Crippen molar-refractivity contribution in [2.45, 2.75) is 40.2 Å². The first-order chi connectivity index (χ1) is 13.4. The summed E-state index contributed by atoms with van der Waals surface area (Å²) in [5.74, 6) is -0.267. The zero-order valence-electron chi connectivity index (χ0n) is 16.4. The Bertz CT molecular complexity index is 1000. The van der Waals surface area contributed by atoms with Gasteiger partial charge in [0.1, 0.15) is 11.5 Å². The number of aryl methyl sites for hydroxylation is 1. The quantitative estimate of drug-likeness (QED) is 0.599. The summed E-state index contributed by atoms with van der Waals surface area (Å²) in [5, 5.41) is 31.5. The van der Waals surface area contributed by atoms with E-state index in [1.54, 1.807) is 23.1 Å². The summed E-state index contributed by atoms with van der Waals surface area (Å²) in [6.45, 7) is 8.74. The molecule has 8 heteroatoms. The lowest BCUT2D eigenvalue weighted by molar-refractivity contribution is 0.0947. The highest BCUT2D eigenvalue weighted by Gasteiger charge is 2.27. The number of carbonyl (C=O) groups excluding carboxylic acids is 1. The van der Waals surface area contributed by atoms with Gasteiger partial charge in [-0.2, -0.15) is 5.10 Å². The van der Waals surface area contributed by atoms with Gasteiger partial charge in [0.05, 0.1) is 17.3 Å². The zero-order chi connectivity index (χ0) is 20.4. The van der Waals surface area contributed by atoms with Gasteiger partial charge in [-0.25, -0.2) is 0 Å². The number of carbonyl (C=O) groups is 1. The number of amides is 1. The average Bonchev–Trinajstić information content (AvgIpc) is 3.28.